The molecule has 0 aliphatic heterocycles. The minimum atomic E-state index is -3.91. The van der Waals surface area contributed by atoms with Gasteiger partial charge in [0, 0.05) is 6.42 Å². The number of carbonyl (C=O) groups is 2. The maximum Gasteiger partial charge on any atom is 0.412 e. The molecule has 0 heterocycles. The van der Waals surface area contributed by atoms with Gasteiger partial charge in [0.2, 0.25) is 0 Å². The molecule has 0 unspecified atom stereocenters. The van der Waals surface area contributed by atoms with Gasteiger partial charge in [-0.05, 0) is 38.5 Å². The largest absolute Gasteiger partial charge is 0.477 e. The zero-order chi connectivity index (χ0) is 17.1. The summed E-state index contributed by atoms with van der Waals surface area (Å²) in [5.41, 5.74) is -0.651. The average molecular weight is 336 g/mol. The summed E-state index contributed by atoms with van der Waals surface area (Å²) in [7, 11) is 0. The number of halogens is 3. The molecule has 0 spiro atoms. The molecule has 2 N–H and O–H groups in total. The number of carboxylic acid groups (broad SMARTS) is 1. The molecule has 8 heteroatoms. The Morgan fingerprint density at radius 3 is 2.41 bits per heavy atom. The zero-order valence-electron chi connectivity index (χ0n) is 12.2. The molecule has 0 saturated heterocycles. The zero-order valence-corrected chi connectivity index (χ0v) is 13.0. The van der Waals surface area contributed by atoms with Crippen LogP contribution in [0.1, 0.15) is 26.3 Å². The lowest BCUT2D eigenvalue weighted by molar-refractivity contribution is -0.164. The van der Waals surface area contributed by atoms with Gasteiger partial charge in [-0.25, -0.2) is 9.59 Å². The van der Waals surface area contributed by atoms with E-state index in [9.17, 15) is 18.4 Å². The highest BCUT2D eigenvalue weighted by molar-refractivity contribution is 6.33. The number of anilines is 1. The number of ether oxygens (including phenoxy) is 1. The summed E-state index contributed by atoms with van der Waals surface area (Å²) < 4.78 is 31.4. The third-order valence-corrected chi connectivity index (χ3v) is 2.74. The molecule has 0 aromatic heterocycles. The first-order chi connectivity index (χ1) is 9.90. The number of hydrogen-bond donors (Lipinski definition) is 2. The first-order valence-electron chi connectivity index (χ1n) is 6.30. The summed E-state index contributed by atoms with van der Waals surface area (Å²) in [5, 5.41) is 10.9. The van der Waals surface area contributed by atoms with E-state index in [0.717, 1.165) is 0 Å². The van der Waals surface area contributed by atoms with Gasteiger partial charge < -0.3 is 9.84 Å². The molecule has 0 bridgehead atoms. The number of aliphatic carboxylic acids is 1. The fourth-order valence-electron chi connectivity index (χ4n) is 1.52. The van der Waals surface area contributed by atoms with Crippen molar-refractivity contribution in [2.45, 2.75) is 38.7 Å². The van der Waals surface area contributed by atoms with E-state index in [4.69, 9.17) is 21.4 Å². The Kier molecular flexibility index (Phi) is 5.35. The van der Waals surface area contributed by atoms with Crippen molar-refractivity contribution in [3.63, 3.8) is 0 Å². The van der Waals surface area contributed by atoms with Gasteiger partial charge in [0.05, 0.1) is 10.7 Å². The molecule has 0 radical (unpaired) electrons. The van der Waals surface area contributed by atoms with Gasteiger partial charge in [0.15, 0.2) is 0 Å². The van der Waals surface area contributed by atoms with Crippen LogP contribution in [0.4, 0.5) is 19.3 Å². The first kappa shape index (κ1) is 18.2. The van der Waals surface area contributed by atoms with Crippen LogP contribution in [0.5, 0.6) is 0 Å². The van der Waals surface area contributed by atoms with Crippen molar-refractivity contribution in [3.05, 3.63) is 28.8 Å². The molecule has 0 atom stereocenters. The fourth-order valence-corrected chi connectivity index (χ4v) is 1.69. The number of benzene rings is 1. The predicted molar refractivity (Wildman–Crippen MR) is 77.6 cm³/mol. The van der Waals surface area contributed by atoms with Crippen LogP contribution in [0, 0.1) is 0 Å². The molecule has 0 aliphatic rings. The summed E-state index contributed by atoms with van der Waals surface area (Å²) in [4.78, 5) is 22.1. The van der Waals surface area contributed by atoms with Crippen molar-refractivity contribution < 1.29 is 28.2 Å². The van der Waals surface area contributed by atoms with Crippen molar-refractivity contribution in [1.29, 1.82) is 0 Å². The second-order valence-electron chi connectivity index (χ2n) is 5.63. The molecule has 1 aromatic carbocycles. The lowest BCUT2D eigenvalue weighted by Crippen LogP contribution is -2.30. The molecule has 1 aromatic rings. The third kappa shape index (κ3) is 5.48. The van der Waals surface area contributed by atoms with Crippen LogP contribution in [0.15, 0.2) is 18.2 Å². The number of carbonyl (C=O) groups excluding carboxylic acids is 1. The van der Waals surface area contributed by atoms with Gasteiger partial charge in [0.25, 0.3) is 0 Å². The van der Waals surface area contributed by atoms with Crippen molar-refractivity contribution in [2.24, 2.45) is 0 Å². The molecule has 5 nitrogen and oxygen atoms in total. The van der Waals surface area contributed by atoms with E-state index in [0.29, 0.717) is 0 Å². The molecular formula is C14H16ClF2NO4. The first-order valence-corrected chi connectivity index (χ1v) is 6.68. The van der Waals surface area contributed by atoms with Crippen LogP contribution in [0.2, 0.25) is 5.02 Å². The summed E-state index contributed by atoms with van der Waals surface area (Å²) in [6.45, 7) is 4.99. The van der Waals surface area contributed by atoms with E-state index < -0.39 is 30.0 Å². The Hall–Kier alpha value is -1.89. The average Bonchev–Trinajstić information content (AvgIpc) is 2.30. The highest BCUT2D eigenvalue weighted by Gasteiger charge is 2.38. The monoisotopic (exact) mass is 335 g/mol. The van der Waals surface area contributed by atoms with Gasteiger partial charge >= 0.3 is 18.0 Å². The van der Waals surface area contributed by atoms with Crippen LogP contribution in [0.3, 0.4) is 0 Å². The Bertz CT molecular complexity index is 585. The van der Waals surface area contributed by atoms with Crippen molar-refractivity contribution in [3.8, 4) is 0 Å². The SMILES string of the molecule is CC(C)(C)OC(=O)Nc1cc(CC(F)(F)C(=O)O)ccc1Cl. The van der Waals surface area contributed by atoms with Gasteiger partial charge in [-0.3, -0.25) is 5.32 Å². The van der Waals surface area contributed by atoms with E-state index in [1.165, 1.54) is 18.2 Å². The number of carboxylic acids is 1. The van der Waals surface area contributed by atoms with E-state index in [1.807, 2.05) is 0 Å². The molecule has 22 heavy (non-hydrogen) atoms. The minimum Gasteiger partial charge on any atom is -0.477 e. The molecule has 1 rings (SSSR count). The van der Waals surface area contributed by atoms with Gasteiger partial charge in [-0.15, -0.1) is 0 Å². The molecular weight excluding hydrogens is 320 g/mol. The van der Waals surface area contributed by atoms with Crippen LogP contribution in [0.25, 0.3) is 0 Å². The number of amides is 1. The summed E-state index contributed by atoms with van der Waals surface area (Å²) in [5.74, 6) is -6.12. The number of rotatable bonds is 4. The lowest BCUT2D eigenvalue weighted by Gasteiger charge is -2.20. The Morgan fingerprint density at radius 2 is 1.91 bits per heavy atom. The maximum atomic E-state index is 13.2. The third-order valence-electron chi connectivity index (χ3n) is 2.41. The molecule has 0 saturated carbocycles. The van der Waals surface area contributed by atoms with Crippen LogP contribution in [-0.4, -0.2) is 28.7 Å². The molecule has 1 amide bonds. The van der Waals surface area contributed by atoms with Crippen LogP contribution < -0.4 is 5.32 Å². The second kappa shape index (κ2) is 6.48. The van der Waals surface area contributed by atoms with Gasteiger partial charge in [-0.2, -0.15) is 8.78 Å². The van der Waals surface area contributed by atoms with Crippen LogP contribution >= 0.6 is 11.6 Å². The van der Waals surface area contributed by atoms with E-state index in [2.05, 4.69) is 5.32 Å². The molecule has 0 fully saturated rings. The maximum absolute atomic E-state index is 13.2. The Morgan fingerprint density at radius 1 is 1.32 bits per heavy atom. The highest BCUT2D eigenvalue weighted by Crippen LogP contribution is 2.27. The van der Waals surface area contributed by atoms with Gasteiger partial charge in [-0.1, -0.05) is 17.7 Å². The summed E-state index contributed by atoms with van der Waals surface area (Å²) in [6, 6.07) is 3.74. The smallest absolute Gasteiger partial charge is 0.412 e. The minimum absolute atomic E-state index is 0.0165. The molecule has 0 aliphatic carbocycles. The second-order valence-corrected chi connectivity index (χ2v) is 6.03. The summed E-state index contributed by atoms with van der Waals surface area (Å²) >= 11 is 5.87. The Labute approximate surface area is 131 Å². The summed E-state index contributed by atoms with van der Waals surface area (Å²) in [6.07, 6.45) is -1.81. The van der Waals surface area contributed by atoms with E-state index >= 15 is 0 Å². The highest BCUT2D eigenvalue weighted by atomic mass is 35.5. The Balaban J connectivity index is 2.91. The van der Waals surface area contributed by atoms with Crippen molar-refractivity contribution >= 4 is 29.4 Å². The number of nitrogens with one attached hydrogen (secondary N) is 1. The number of hydrogen-bond acceptors (Lipinski definition) is 3. The van der Waals surface area contributed by atoms with E-state index in [1.54, 1.807) is 20.8 Å². The number of alkyl halides is 2. The van der Waals surface area contributed by atoms with Crippen LogP contribution in [-0.2, 0) is 16.0 Å². The molecule has 122 valence electrons. The van der Waals surface area contributed by atoms with Crippen molar-refractivity contribution in [1.82, 2.24) is 0 Å². The predicted octanol–water partition coefficient (Wildman–Crippen LogP) is 3.95. The van der Waals surface area contributed by atoms with Crippen molar-refractivity contribution in [2.75, 3.05) is 5.32 Å². The quantitative estimate of drug-likeness (QED) is 0.873. The standard InChI is InChI=1S/C14H16ClF2NO4/c1-13(2,3)22-12(21)18-10-6-8(4-5-9(10)15)7-14(16,17)11(19)20/h4-6H,7H2,1-3H3,(H,18,21)(H,19,20). The van der Waals surface area contributed by atoms with Gasteiger partial charge in [0.1, 0.15) is 5.60 Å². The lowest BCUT2D eigenvalue weighted by atomic mass is 10.1. The fraction of sp³-hybridized carbons (Fsp3) is 0.429. The van der Waals surface area contributed by atoms with E-state index in [-0.39, 0.29) is 16.3 Å². The topological polar surface area (TPSA) is 75.6 Å². The normalized spacial score (nSPS) is 11.9.